The van der Waals surface area contributed by atoms with Gasteiger partial charge in [0.05, 0.1) is 18.7 Å². The average molecular weight is 692 g/mol. The Morgan fingerprint density at radius 3 is 2.31 bits per heavy atom. The van der Waals surface area contributed by atoms with Gasteiger partial charge >= 0.3 is 18.1 Å². The molecule has 1 aliphatic heterocycles. The maximum atomic E-state index is 13.5. The summed E-state index contributed by atoms with van der Waals surface area (Å²) in [7, 11) is 1.54. The third-order valence-electron chi connectivity index (χ3n) is 7.31. The van der Waals surface area contributed by atoms with E-state index in [4.69, 9.17) is 19.4 Å². The molecule has 0 spiro atoms. The van der Waals surface area contributed by atoms with Crippen molar-refractivity contribution < 1.29 is 56.5 Å². The second-order valence-corrected chi connectivity index (χ2v) is 11.4. The van der Waals surface area contributed by atoms with Gasteiger partial charge in [0.25, 0.3) is 5.91 Å². The molecule has 264 valence electrons. The van der Waals surface area contributed by atoms with Crippen LogP contribution < -0.4 is 20.7 Å². The first-order chi connectivity index (χ1) is 23.1. The Labute approximate surface area is 278 Å². The normalized spacial score (nSPS) is 15.3. The minimum absolute atomic E-state index is 0.0277. The van der Waals surface area contributed by atoms with Crippen LogP contribution >= 0.6 is 0 Å². The summed E-state index contributed by atoms with van der Waals surface area (Å²) in [6.45, 7) is 3.68. The number of ether oxygens (including phenoxy) is 2. The summed E-state index contributed by atoms with van der Waals surface area (Å²) >= 11 is 0. The van der Waals surface area contributed by atoms with Gasteiger partial charge in [0.1, 0.15) is 17.5 Å². The molecule has 3 heterocycles. The first-order valence-electron chi connectivity index (χ1n) is 15.0. The van der Waals surface area contributed by atoms with E-state index in [0.29, 0.717) is 30.7 Å². The predicted molar refractivity (Wildman–Crippen MR) is 166 cm³/mol. The molecule has 0 radical (unpaired) electrons. The van der Waals surface area contributed by atoms with Gasteiger partial charge in [-0.05, 0) is 55.5 Å². The number of alkyl halides is 3. The molecule has 14 nitrogen and oxygen atoms in total. The Balaban J connectivity index is 0.000000838. The Kier molecular flexibility index (Phi) is 13.2. The van der Waals surface area contributed by atoms with Crippen LogP contribution in [-0.4, -0.2) is 89.0 Å². The first-order valence-corrected chi connectivity index (χ1v) is 15.0. The number of halogens is 3. The lowest BCUT2D eigenvalue weighted by molar-refractivity contribution is -0.192. The quantitative estimate of drug-likeness (QED) is 0.166. The zero-order valence-corrected chi connectivity index (χ0v) is 26.8. The summed E-state index contributed by atoms with van der Waals surface area (Å²) in [6.07, 6.45) is -1.40. The van der Waals surface area contributed by atoms with E-state index in [1.54, 1.807) is 18.2 Å². The predicted octanol–water partition coefficient (Wildman–Crippen LogP) is 2.79. The van der Waals surface area contributed by atoms with Crippen molar-refractivity contribution in [2.45, 2.75) is 51.4 Å². The number of aliphatic carboxylic acids is 1. The van der Waals surface area contributed by atoms with Gasteiger partial charge in [0.15, 0.2) is 12.4 Å². The Bertz CT molecular complexity index is 1660. The van der Waals surface area contributed by atoms with Crippen molar-refractivity contribution in [1.82, 2.24) is 25.9 Å². The highest BCUT2D eigenvalue weighted by Crippen LogP contribution is 2.26. The highest BCUT2D eigenvalue weighted by atomic mass is 19.4. The van der Waals surface area contributed by atoms with Crippen LogP contribution in [0.15, 0.2) is 48.8 Å². The van der Waals surface area contributed by atoms with Crippen molar-refractivity contribution >= 4 is 46.3 Å². The van der Waals surface area contributed by atoms with Crippen LogP contribution in [0.1, 0.15) is 54.0 Å². The van der Waals surface area contributed by atoms with Gasteiger partial charge in [-0.15, -0.1) is 0 Å². The number of carbonyl (C=O) groups excluding carboxylic acids is 5. The molecular formula is C32H36F3N5O9. The minimum Gasteiger partial charge on any atom is -0.496 e. The number of carboxylic acid groups (broad SMARTS) is 1. The van der Waals surface area contributed by atoms with Crippen molar-refractivity contribution in [3.63, 3.8) is 0 Å². The van der Waals surface area contributed by atoms with Crippen LogP contribution in [0.2, 0.25) is 0 Å². The van der Waals surface area contributed by atoms with Crippen LogP contribution in [0, 0.1) is 11.8 Å². The highest BCUT2D eigenvalue weighted by Gasteiger charge is 2.38. The van der Waals surface area contributed by atoms with Crippen molar-refractivity contribution in [2.24, 2.45) is 11.8 Å². The molecule has 5 N–H and O–H groups in total. The van der Waals surface area contributed by atoms with Crippen molar-refractivity contribution in [2.75, 3.05) is 20.3 Å². The average Bonchev–Trinajstić information content (AvgIpc) is 3.68. The number of aromatic nitrogens is 2. The van der Waals surface area contributed by atoms with E-state index >= 15 is 0 Å². The number of carbonyl (C=O) groups is 6. The van der Waals surface area contributed by atoms with Crippen LogP contribution in [-0.2, 0) is 23.9 Å². The smallest absolute Gasteiger partial charge is 0.490 e. The second-order valence-electron chi connectivity index (χ2n) is 11.4. The lowest BCUT2D eigenvalue weighted by Crippen LogP contribution is -2.53. The highest BCUT2D eigenvalue weighted by molar-refractivity contribution is 6.02. The van der Waals surface area contributed by atoms with Gasteiger partial charge in [-0.25, -0.2) is 9.59 Å². The molecule has 3 amide bonds. The monoisotopic (exact) mass is 691 g/mol. The molecule has 3 aromatic rings. The number of ketones is 1. The lowest BCUT2D eigenvalue weighted by Gasteiger charge is -2.25. The summed E-state index contributed by atoms with van der Waals surface area (Å²) in [5.41, 5.74) is 1.17. The molecule has 0 aliphatic carbocycles. The first kappa shape index (κ1) is 38.0. The molecule has 0 unspecified atom stereocenters. The van der Waals surface area contributed by atoms with Gasteiger partial charge in [-0.2, -0.15) is 13.2 Å². The number of benzene rings is 1. The zero-order chi connectivity index (χ0) is 36.3. The van der Waals surface area contributed by atoms with Gasteiger partial charge in [0.2, 0.25) is 11.8 Å². The summed E-state index contributed by atoms with van der Waals surface area (Å²) in [4.78, 5) is 80.4. The number of methoxy groups -OCH3 is 1. The van der Waals surface area contributed by atoms with Gasteiger partial charge in [0, 0.05) is 35.8 Å². The Morgan fingerprint density at radius 2 is 1.73 bits per heavy atom. The van der Waals surface area contributed by atoms with Gasteiger partial charge in [-0.3, -0.25) is 24.2 Å². The van der Waals surface area contributed by atoms with Crippen LogP contribution in [0.5, 0.6) is 5.75 Å². The van der Waals surface area contributed by atoms with Crippen LogP contribution in [0.4, 0.5) is 13.2 Å². The number of rotatable bonds is 13. The topological polar surface area (TPSA) is 206 Å². The molecule has 4 rings (SSSR count). The standard InChI is InChI=1S/C30H35N5O7.C2HF3O2/c1-17(2)13-23(35-29(39)24-15-20-21(33-24)5-4-6-26(20)41-3)28(38)34-22(14-19-9-12-32-27(19)37)25(36)16-42-30(40)18-7-10-31-11-8-18;3-2(4,5)1(6)7/h4-8,10-11,15,17,19,22-23,33H,9,12-14,16H2,1-3H3,(H,32,37)(H,34,38)(H,35,39);(H,6,7)/t19-,22-,23-;/m0./s1. The van der Waals surface area contributed by atoms with Gasteiger partial charge < -0.3 is 35.5 Å². The molecular weight excluding hydrogens is 655 g/mol. The molecule has 2 aromatic heterocycles. The largest absolute Gasteiger partial charge is 0.496 e. The summed E-state index contributed by atoms with van der Waals surface area (Å²) < 4.78 is 42.3. The van der Waals surface area contributed by atoms with E-state index in [2.05, 4.69) is 25.9 Å². The minimum atomic E-state index is -5.08. The number of aromatic amines is 1. The number of fused-ring (bicyclic) bond motifs is 1. The van der Waals surface area contributed by atoms with E-state index < -0.39 is 60.3 Å². The molecule has 1 aliphatic rings. The Hall–Kier alpha value is -5.48. The number of H-pyrrole nitrogens is 1. The molecule has 1 aromatic carbocycles. The third kappa shape index (κ3) is 11.0. The van der Waals surface area contributed by atoms with E-state index in [1.165, 1.54) is 31.6 Å². The van der Waals surface area contributed by atoms with Crippen LogP contribution in [0.3, 0.4) is 0 Å². The van der Waals surface area contributed by atoms with E-state index in [0.717, 1.165) is 5.39 Å². The third-order valence-corrected chi connectivity index (χ3v) is 7.31. The number of esters is 1. The number of Topliss-reactive ketones (excluding diaryl/α,β-unsaturated/α-hetero) is 1. The maximum absolute atomic E-state index is 13.5. The zero-order valence-electron chi connectivity index (χ0n) is 26.8. The number of nitrogens with zero attached hydrogens (tertiary/aromatic N) is 1. The SMILES string of the molecule is COc1cccc2[nH]c(C(=O)N[C@@H](CC(C)C)C(=O)N[C@@H](C[C@@H]3CCNC3=O)C(=O)COC(=O)c3ccncc3)cc12.O=C(O)C(F)(F)F. The molecule has 1 saturated heterocycles. The number of hydrogen-bond acceptors (Lipinski definition) is 9. The molecule has 3 atom stereocenters. The van der Waals surface area contributed by atoms with E-state index in [9.17, 15) is 37.1 Å². The van der Waals surface area contributed by atoms with Gasteiger partial charge in [-0.1, -0.05) is 19.9 Å². The molecule has 0 bridgehead atoms. The number of carboxylic acids is 1. The fourth-order valence-electron chi connectivity index (χ4n) is 4.87. The number of pyridine rings is 1. The lowest BCUT2D eigenvalue weighted by atomic mass is 9.95. The van der Waals surface area contributed by atoms with E-state index in [1.807, 2.05) is 19.9 Å². The molecule has 0 saturated carbocycles. The van der Waals surface area contributed by atoms with Crippen LogP contribution in [0.25, 0.3) is 10.9 Å². The van der Waals surface area contributed by atoms with E-state index in [-0.39, 0.29) is 29.5 Å². The van der Waals surface area contributed by atoms with Crippen molar-refractivity contribution in [3.05, 3.63) is 60.0 Å². The Morgan fingerprint density at radius 1 is 1.06 bits per heavy atom. The summed E-state index contributed by atoms with van der Waals surface area (Å²) in [6, 6.07) is 7.86. The second kappa shape index (κ2) is 17.1. The molecule has 17 heteroatoms. The molecule has 49 heavy (non-hydrogen) atoms. The maximum Gasteiger partial charge on any atom is 0.490 e. The fourth-order valence-corrected chi connectivity index (χ4v) is 4.87. The molecule has 1 fully saturated rings. The summed E-state index contributed by atoms with van der Waals surface area (Å²) in [5, 5.41) is 16.1. The van der Waals surface area contributed by atoms with Crippen molar-refractivity contribution in [1.29, 1.82) is 0 Å². The fraction of sp³-hybridized carbons (Fsp3) is 0.406. The summed E-state index contributed by atoms with van der Waals surface area (Å²) in [5.74, 6) is -5.20. The number of hydrogen-bond donors (Lipinski definition) is 5. The number of amides is 3. The number of nitrogens with one attached hydrogen (secondary N) is 4. The van der Waals surface area contributed by atoms with Crippen molar-refractivity contribution in [3.8, 4) is 5.75 Å².